The highest BCUT2D eigenvalue weighted by Crippen LogP contribution is 2.34. The van der Waals surface area contributed by atoms with E-state index in [1.54, 1.807) is 0 Å². The molecule has 0 saturated carbocycles. The van der Waals surface area contributed by atoms with Crippen LogP contribution in [0.2, 0.25) is 311 Å². The summed E-state index contributed by atoms with van der Waals surface area (Å²) in [6.45, 7) is 109. The Labute approximate surface area is 695 Å². The van der Waals surface area contributed by atoms with Crippen molar-refractivity contribution in [2.45, 2.75) is 415 Å². The predicted octanol–water partition coefficient (Wildman–Crippen LogP) is 28.9. The van der Waals surface area contributed by atoms with Gasteiger partial charge >= 0.3 is 59.9 Å². The molecular weight excluding hydrogens is 1650 g/mol. The maximum absolute atomic E-state index is 6.94. The van der Waals surface area contributed by atoms with Crippen LogP contribution in [-0.2, 0) is 57.6 Å². The molecule has 0 aromatic carbocycles. The molecule has 0 rings (SSSR count). The van der Waals surface area contributed by atoms with Gasteiger partial charge in [0.1, 0.15) is 0 Å². The lowest BCUT2D eigenvalue weighted by molar-refractivity contribution is 0.382. The molecule has 0 spiro atoms. The van der Waals surface area contributed by atoms with Crippen molar-refractivity contribution in [1.82, 2.24) is 0 Å². The Bertz CT molecular complexity index is 2110. The molecule has 0 fully saturated rings. The number of hydrogen-bond acceptors (Lipinski definition) is 14. The Morgan fingerprint density at radius 1 is 0.181 bits per heavy atom. The lowest BCUT2D eigenvalue weighted by Gasteiger charge is -2.41. The smallest absolute Gasteiger partial charge is 0.311 e. The average molecular weight is 1870 g/mol. The summed E-state index contributed by atoms with van der Waals surface area (Å²) in [6.07, 6.45) is 0. The Kier molecular flexibility index (Phi) is 87.8. The van der Waals surface area contributed by atoms with E-state index in [0.717, 1.165) is 36.3 Å². The third-order valence-corrected chi connectivity index (χ3v) is 85.3. The summed E-state index contributed by atoms with van der Waals surface area (Å²) >= 11 is 0. The van der Waals surface area contributed by atoms with Crippen molar-refractivity contribution < 1.29 is 57.6 Å². The van der Waals surface area contributed by atoms with Gasteiger partial charge in [0.25, 0.3) is 0 Å². The molecule has 105 heavy (non-hydrogen) atoms. The monoisotopic (exact) mass is 1860 g/mol. The molecule has 0 atom stereocenters. The van der Waals surface area contributed by atoms with Gasteiger partial charge in [0.2, 0.25) is 0 Å². The van der Waals surface area contributed by atoms with E-state index in [1.165, 1.54) is 0 Å². The van der Waals surface area contributed by atoms with Gasteiger partial charge in [-0.05, 0) is 311 Å². The van der Waals surface area contributed by atoms with Gasteiger partial charge in [0, 0.05) is 0 Å². The second-order valence-corrected chi connectivity index (χ2v) is 113. The van der Waals surface area contributed by atoms with Crippen LogP contribution in [0.15, 0.2) is 49.1 Å². The van der Waals surface area contributed by atoms with Crippen molar-refractivity contribution in [1.29, 1.82) is 0 Å². The first kappa shape index (κ1) is 153. The number of rotatable bonds is 41. The second kappa shape index (κ2) is 60.4. The van der Waals surface area contributed by atoms with E-state index >= 15 is 0 Å². The van der Waals surface area contributed by atoms with E-state index in [4.69, 9.17) is 57.6 Å². The standard InChI is InChI=1S/C24H66O6Si9.C16H44O4Si6.C10H24O2Si3.C6H20O2Si3.14CH4/c1-20-32(4,5)26-38(16,17)28-34(8,9)23-24-36(12,13)30-39(18,19)29-35(10,11)22-21-33(6,7)27-37(14,15)25-31(2)3;1-14-22(4,5)18-26(12,13)20-24(8,9)16-15-23(6,7)19-25(10,11)17-21(2)3;1-9-13(3,4)11-15(7,8)12-14(5,6)10-2;1-9(2)7-11(5,6)8-10(3)4;;;;;;;;;;;;;;/h20,31H,1,21-24H2,2-19H3;14,21H,1,15-16H2,2-13H3;9-10H,1-2H2,3-8H3;9-10H,1-6H3;14*1H4. The van der Waals surface area contributed by atoms with Crippen LogP contribution in [0.4, 0.5) is 0 Å². The third-order valence-electron chi connectivity index (χ3n) is 13.2. The fourth-order valence-corrected chi connectivity index (χ4v) is 104. The normalized spacial score (nSPS) is 12.7. The molecule has 0 amide bonds. The van der Waals surface area contributed by atoms with Gasteiger partial charge in [-0.15, -0.1) is 26.3 Å². The van der Waals surface area contributed by atoms with E-state index in [1.807, 2.05) is 22.8 Å². The summed E-state index contributed by atoms with van der Waals surface area (Å²) in [7, 11) is -36.7. The van der Waals surface area contributed by atoms with Gasteiger partial charge < -0.3 is 57.6 Å². The Balaban J connectivity index is -0.0000000628. The van der Waals surface area contributed by atoms with Crippen LogP contribution in [0.3, 0.4) is 0 Å². The maximum Gasteiger partial charge on any atom is 0.311 e. The molecule has 0 aliphatic rings. The molecular formula is C70H210O14Si21. The van der Waals surface area contributed by atoms with Crippen LogP contribution in [-0.4, -0.2) is 179 Å². The SMILES string of the molecule is C.C.C.C.C.C.C.C.C.C.C.C.C.C.C=C[Si](C)(C)O[Si](C)(C)O[Si](C)(C)C=C.C=C[Si](C)(C)O[Si](C)(C)O[Si](C)(C)CC[Si](C)(C)O[Si](C)(C)O[SiH](C)C.C=C[Si](C)(C)O[Si](C)(C)O[Si](C)(C)CC[Si](C)(C)O[Si](C)(C)O[Si](C)(C)CC[Si](C)(C)O[Si](C)(C)O[SiH](C)C.C[SiH](C)O[Si](C)(C)O[SiH](C)C. The largest absolute Gasteiger partial charge is 0.440 e. The fourth-order valence-electron chi connectivity index (χ4n) is 11.2. The van der Waals surface area contributed by atoms with Gasteiger partial charge in [-0.3, -0.25) is 0 Å². The van der Waals surface area contributed by atoms with E-state index in [2.05, 4.69) is 301 Å². The van der Waals surface area contributed by atoms with Gasteiger partial charge in [-0.1, -0.05) is 127 Å². The topological polar surface area (TPSA) is 129 Å². The van der Waals surface area contributed by atoms with Gasteiger partial charge in [0.15, 0.2) is 119 Å². The summed E-state index contributed by atoms with van der Waals surface area (Å²) in [5.41, 5.74) is 7.90. The molecule has 0 bridgehead atoms. The zero-order valence-electron chi connectivity index (χ0n) is 67.9. The van der Waals surface area contributed by atoms with Crippen LogP contribution in [0, 0.1) is 0 Å². The Morgan fingerprint density at radius 2 is 0.286 bits per heavy atom. The average Bonchev–Trinajstić information content (AvgIpc) is 0.837. The van der Waals surface area contributed by atoms with Crippen LogP contribution < -0.4 is 0 Å². The van der Waals surface area contributed by atoms with Gasteiger partial charge in [-0.2, -0.15) is 0 Å². The Morgan fingerprint density at radius 3 is 0.410 bits per heavy atom. The zero-order valence-corrected chi connectivity index (χ0v) is 89.5. The summed E-state index contributed by atoms with van der Waals surface area (Å²) in [6, 6.07) is 6.64. The van der Waals surface area contributed by atoms with Crippen LogP contribution in [0.1, 0.15) is 104 Å². The number of hydrogen-bond donors (Lipinski definition) is 0. The maximum atomic E-state index is 6.94. The van der Waals surface area contributed by atoms with Gasteiger partial charge in [0.05, 0.1) is 0 Å². The van der Waals surface area contributed by atoms with Crippen LogP contribution >= 0.6 is 0 Å². The van der Waals surface area contributed by atoms with Crippen LogP contribution in [0.5, 0.6) is 0 Å². The van der Waals surface area contributed by atoms with Crippen molar-refractivity contribution in [2.75, 3.05) is 0 Å². The summed E-state index contributed by atoms with van der Waals surface area (Å²) in [5.74, 6) is 0. The minimum atomic E-state index is -2.28. The molecule has 0 aromatic rings. The quantitative estimate of drug-likeness (QED) is 0.0538. The molecule has 0 heterocycles. The first-order chi connectivity index (χ1) is 39.6. The molecule has 0 radical (unpaired) electrons. The van der Waals surface area contributed by atoms with Crippen molar-refractivity contribution in [3.05, 3.63) is 49.1 Å². The molecule has 0 aliphatic carbocycles. The highest BCUT2D eigenvalue weighted by atomic mass is 28.5. The summed E-state index contributed by atoms with van der Waals surface area (Å²) in [5, 5.41) is 0. The second-order valence-electron chi connectivity index (χ2n) is 34.8. The van der Waals surface area contributed by atoms with Crippen molar-refractivity contribution in [3.8, 4) is 0 Å². The van der Waals surface area contributed by atoms with Gasteiger partial charge in [-0.25, -0.2) is 0 Å². The lowest BCUT2D eigenvalue weighted by atomic mass is 10.9. The summed E-state index contributed by atoms with van der Waals surface area (Å²) < 4.78 is 90.0. The molecule has 0 N–H and O–H groups in total. The first-order valence-electron chi connectivity index (χ1n) is 33.9. The molecule has 0 aliphatic heterocycles. The van der Waals surface area contributed by atoms with Crippen LogP contribution in [0.25, 0.3) is 0 Å². The first-order valence-corrected chi connectivity index (χ1v) is 95.3. The van der Waals surface area contributed by atoms with E-state index < -0.39 is 179 Å². The molecule has 0 aromatic heterocycles. The van der Waals surface area contributed by atoms with Crippen molar-refractivity contribution >= 4 is 179 Å². The third kappa shape index (κ3) is 87.6. The Hall–Kier alpha value is 2.95. The van der Waals surface area contributed by atoms with E-state index in [9.17, 15) is 0 Å². The fraction of sp³-hybridized carbons (Fsp3) is 0.886. The predicted molar refractivity (Wildman–Crippen MR) is 552 cm³/mol. The highest BCUT2D eigenvalue weighted by Gasteiger charge is 2.46. The highest BCUT2D eigenvalue weighted by molar-refractivity contribution is 6.94. The van der Waals surface area contributed by atoms with Crippen molar-refractivity contribution in [3.63, 3.8) is 0 Å². The molecule has 35 heteroatoms. The van der Waals surface area contributed by atoms with E-state index in [0.29, 0.717) is 0 Å². The molecule has 0 unspecified atom stereocenters. The lowest BCUT2D eigenvalue weighted by Crippen LogP contribution is -2.54. The zero-order chi connectivity index (χ0) is 73.8. The molecule has 14 nitrogen and oxygen atoms in total. The van der Waals surface area contributed by atoms with E-state index in [-0.39, 0.29) is 104 Å². The minimum absolute atomic E-state index is 0. The minimum Gasteiger partial charge on any atom is -0.440 e. The molecule has 658 valence electrons. The summed E-state index contributed by atoms with van der Waals surface area (Å²) in [4.78, 5) is 0. The van der Waals surface area contributed by atoms with Crippen molar-refractivity contribution in [2.24, 2.45) is 0 Å². The molecule has 0 saturated heterocycles.